The first-order valence-electron chi connectivity index (χ1n) is 8.35. The van der Waals surface area contributed by atoms with E-state index in [1.54, 1.807) is 12.5 Å². The summed E-state index contributed by atoms with van der Waals surface area (Å²) in [6.07, 6.45) is 8.71. The molecular weight excluding hydrogens is 304 g/mol. The number of H-pyrrole nitrogens is 1. The van der Waals surface area contributed by atoms with E-state index >= 15 is 0 Å². The zero-order valence-corrected chi connectivity index (χ0v) is 13.2. The second kappa shape index (κ2) is 5.40. The maximum atomic E-state index is 4.66. The van der Waals surface area contributed by atoms with Crippen LogP contribution in [-0.4, -0.2) is 49.3 Å². The van der Waals surface area contributed by atoms with Gasteiger partial charge in [-0.2, -0.15) is 5.10 Å². The van der Waals surface area contributed by atoms with Gasteiger partial charge < -0.3 is 10.2 Å². The first kappa shape index (κ1) is 13.6. The number of nitrogens with zero attached hydrogens (tertiary/aromatic N) is 6. The quantitative estimate of drug-likeness (QED) is 0.755. The van der Waals surface area contributed by atoms with E-state index in [0.29, 0.717) is 12.0 Å². The summed E-state index contributed by atoms with van der Waals surface area (Å²) in [5.74, 6) is 3.42. The number of hydrogen-bond donors (Lipinski definition) is 2. The molecule has 2 N–H and O–H groups in total. The molecule has 1 atom stereocenters. The molecule has 0 bridgehead atoms. The molecule has 1 saturated carbocycles. The van der Waals surface area contributed by atoms with Crippen molar-refractivity contribution in [2.24, 2.45) is 0 Å². The number of fused-ring (bicyclic) bond motifs is 1. The summed E-state index contributed by atoms with van der Waals surface area (Å²) in [6.45, 7) is 1.84. The molecule has 3 aromatic rings. The van der Waals surface area contributed by atoms with E-state index in [2.05, 4.69) is 40.3 Å². The van der Waals surface area contributed by atoms with Crippen LogP contribution >= 0.6 is 0 Å². The van der Waals surface area contributed by atoms with Crippen molar-refractivity contribution >= 4 is 22.7 Å². The molecule has 8 heteroatoms. The van der Waals surface area contributed by atoms with Crippen LogP contribution in [0, 0.1) is 0 Å². The summed E-state index contributed by atoms with van der Waals surface area (Å²) in [5.41, 5.74) is 0.779. The Balaban J connectivity index is 1.32. The fourth-order valence-corrected chi connectivity index (χ4v) is 3.28. The molecule has 24 heavy (non-hydrogen) atoms. The van der Waals surface area contributed by atoms with Crippen molar-refractivity contribution in [3.05, 3.63) is 30.6 Å². The van der Waals surface area contributed by atoms with Gasteiger partial charge in [0.1, 0.15) is 23.8 Å². The van der Waals surface area contributed by atoms with E-state index in [1.807, 2.05) is 12.3 Å². The Labute approximate surface area is 138 Å². The highest BCUT2D eigenvalue weighted by Gasteiger charge is 2.28. The Morgan fingerprint density at radius 3 is 3.04 bits per heavy atom. The lowest BCUT2D eigenvalue weighted by Crippen LogP contribution is -2.27. The molecule has 0 radical (unpaired) electrons. The van der Waals surface area contributed by atoms with Crippen LogP contribution in [0.1, 0.15) is 31.0 Å². The molecule has 0 spiro atoms. The maximum absolute atomic E-state index is 4.66. The first-order chi connectivity index (χ1) is 11.9. The molecule has 2 aliphatic rings. The van der Waals surface area contributed by atoms with Crippen LogP contribution in [0.5, 0.6) is 0 Å². The van der Waals surface area contributed by atoms with E-state index in [1.165, 1.54) is 12.8 Å². The van der Waals surface area contributed by atoms with E-state index in [-0.39, 0.29) is 0 Å². The molecule has 0 amide bonds. The van der Waals surface area contributed by atoms with E-state index in [4.69, 9.17) is 0 Å². The monoisotopic (exact) mass is 322 g/mol. The first-order valence-corrected chi connectivity index (χ1v) is 8.35. The van der Waals surface area contributed by atoms with Crippen molar-refractivity contribution in [1.29, 1.82) is 0 Å². The summed E-state index contributed by atoms with van der Waals surface area (Å²) >= 11 is 0. The fourth-order valence-electron chi connectivity index (χ4n) is 3.28. The SMILES string of the molecule is c1cc(NC2CCN(c3ncnc4[nH]ncc34)C2)nc(C2CC2)n1. The summed E-state index contributed by atoms with van der Waals surface area (Å²) in [4.78, 5) is 20.0. The Morgan fingerprint density at radius 2 is 2.12 bits per heavy atom. The third-order valence-corrected chi connectivity index (χ3v) is 4.68. The van der Waals surface area contributed by atoms with Gasteiger partial charge in [0.2, 0.25) is 0 Å². The van der Waals surface area contributed by atoms with Crippen LogP contribution in [0.4, 0.5) is 11.6 Å². The molecule has 1 saturated heterocycles. The molecule has 4 heterocycles. The second-order valence-electron chi connectivity index (χ2n) is 6.48. The number of nitrogens with one attached hydrogen (secondary N) is 2. The Hall–Kier alpha value is -2.77. The smallest absolute Gasteiger partial charge is 0.160 e. The largest absolute Gasteiger partial charge is 0.365 e. The zero-order chi connectivity index (χ0) is 15.9. The van der Waals surface area contributed by atoms with Crippen LogP contribution in [0.15, 0.2) is 24.8 Å². The number of anilines is 2. The predicted octanol–water partition coefficient (Wildman–Crippen LogP) is 1.71. The van der Waals surface area contributed by atoms with Gasteiger partial charge >= 0.3 is 0 Å². The molecule has 1 aliphatic carbocycles. The van der Waals surface area contributed by atoms with E-state index < -0.39 is 0 Å². The van der Waals surface area contributed by atoms with Gasteiger partial charge in [-0.15, -0.1) is 0 Å². The highest BCUT2D eigenvalue weighted by atomic mass is 15.3. The second-order valence-corrected chi connectivity index (χ2v) is 6.48. The standard InChI is InChI=1S/C16H18N8/c1-2-10(1)14-17-5-3-13(22-14)21-11-4-6-24(8-11)16-12-7-20-23-15(12)18-9-19-16/h3,5,7,9-11H,1-2,4,6,8H2,(H,17,21,22)(H,18,19,20,23). The summed E-state index contributed by atoms with van der Waals surface area (Å²) in [7, 11) is 0. The highest BCUT2D eigenvalue weighted by Crippen LogP contribution is 2.38. The van der Waals surface area contributed by atoms with Crippen molar-refractivity contribution in [3.8, 4) is 0 Å². The van der Waals surface area contributed by atoms with Crippen molar-refractivity contribution in [2.45, 2.75) is 31.2 Å². The average molecular weight is 322 g/mol. The maximum Gasteiger partial charge on any atom is 0.160 e. The Kier molecular flexibility index (Phi) is 3.07. The molecule has 0 aromatic carbocycles. The zero-order valence-electron chi connectivity index (χ0n) is 13.2. The fraction of sp³-hybridized carbons (Fsp3) is 0.438. The van der Waals surface area contributed by atoms with Gasteiger partial charge in [-0.05, 0) is 25.3 Å². The lowest BCUT2D eigenvalue weighted by molar-refractivity contribution is 0.793. The molecule has 8 nitrogen and oxygen atoms in total. The van der Waals surface area contributed by atoms with Gasteiger partial charge in [0.15, 0.2) is 5.65 Å². The van der Waals surface area contributed by atoms with Crippen molar-refractivity contribution in [3.63, 3.8) is 0 Å². The van der Waals surface area contributed by atoms with E-state index in [9.17, 15) is 0 Å². The van der Waals surface area contributed by atoms with Crippen molar-refractivity contribution < 1.29 is 0 Å². The number of rotatable bonds is 4. The topological polar surface area (TPSA) is 95.5 Å². The minimum atomic E-state index is 0.351. The normalized spacial score (nSPS) is 20.7. The average Bonchev–Trinajstić information content (AvgIpc) is 3.17. The van der Waals surface area contributed by atoms with Crippen molar-refractivity contribution in [2.75, 3.05) is 23.3 Å². The van der Waals surface area contributed by atoms with Crippen LogP contribution in [0.25, 0.3) is 11.0 Å². The summed E-state index contributed by atoms with van der Waals surface area (Å²) in [6, 6.07) is 2.30. The summed E-state index contributed by atoms with van der Waals surface area (Å²) in [5, 5.41) is 11.5. The molecular formula is C16H18N8. The minimum Gasteiger partial charge on any atom is -0.365 e. The molecule has 5 rings (SSSR count). The third-order valence-electron chi connectivity index (χ3n) is 4.68. The van der Waals surface area contributed by atoms with Gasteiger partial charge in [-0.1, -0.05) is 0 Å². The van der Waals surface area contributed by atoms with Crippen LogP contribution in [-0.2, 0) is 0 Å². The van der Waals surface area contributed by atoms with Gasteiger partial charge in [0.05, 0.1) is 11.6 Å². The number of aromatic amines is 1. The van der Waals surface area contributed by atoms with Gasteiger partial charge in [-0.3, -0.25) is 5.10 Å². The van der Waals surface area contributed by atoms with Gasteiger partial charge in [0.25, 0.3) is 0 Å². The van der Waals surface area contributed by atoms with Gasteiger partial charge in [-0.25, -0.2) is 19.9 Å². The molecule has 1 aliphatic heterocycles. The van der Waals surface area contributed by atoms with Crippen LogP contribution < -0.4 is 10.2 Å². The number of hydrogen-bond acceptors (Lipinski definition) is 7. The molecule has 1 unspecified atom stereocenters. The minimum absolute atomic E-state index is 0.351. The number of aromatic nitrogens is 6. The lowest BCUT2D eigenvalue weighted by Gasteiger charge is -2.18. The predicted molar refractivity (Wildman–Crippen MR) is 89.9 cm³/mol. The Bertz CT molecular complexity index is 871. The molecule has 2 fully saturated rings. The highest BCUT2D eigenvalue weighted by molar-refractivity contribution is 5.86. The third kappa shape index (κ3) is 2.44. The lowest BCUT2D eigenvalue weighted by atomic mass is 10.2. The molecule has 122 valence electrons. The Morgan fingerprint density at radius 1 is 1.17 bits per heavy atom. The van der Waals surface area contributed by atoms with Crippen LogP contribution in [0.2, 0.25) is 0 Å². The molecule has 3 aromatic heterocycles. The summed E-state index contributed by atoms with van der Waals surface area (Å²) < 4.78 is 0. The van der Waals surface area contributed by atoms with Crippen LogP contribution in [0.3, 0.4) is 0 Å². The van der Waals surface area contributed by atoms with Gasteiger partial charge in [0, 0.05) is 31.2 Å². The van der Waals surface area contributed by atoms with Crippen molar-refractivity contribution in [1.82, 2.24) is 30.1 Å². The van der Waals surface area contributed by atoms with E-state index in [0.717, 1.165) is 48.0 Å².